The molecule has 1 fully saturated rings. The monoisotopic (exact) mass is 613 g/mol. The molecule has 0 spiro atoms. The molecular formula is C25H17Br2N3O6. The molecule has 9 nitrogen and oxygen atoms in total. The Morgan fingerprint density at radius 3 is 2.28 bits per heavy atom. The smallest absolute Gasteiger partial charge is 0.270 e. The van der Waals surface area contributed by atoms with Crippen molar-refractivity contribution >= 4 is 61.0 Å². The van der Waals surface area contributed by atoms with E-state index in [1.807, 2.05) is 19.1 Å². The predicted molar refractivity (Wildman–Crippen MR) is 137 cm³/mol. The second-order valence-electron chi connectivity index (χ2n) is 8.38. The number of nitrogens with zero attached hydrogens (tertiary/aromatic N) is 3. The second kappa shape index (κ2) is 8.82. The summed E-state index contributed by atoms with van der Waals surface area (Å²) in [6.45, 7) is 1.89. The minimum Gasteiger partial charge on any atom is -0.496 e. The van der Waals surface area contributed by atoms with Gasteiger partial charge in [0.15, 0.2) is 0 Å². The van der Waals surface area contributed by atoms with Gasteiger partial charge in [0.25, 0.3) is 23.4 Å². The van der Waals surface area contributed by atoms with Crippen LogP contribution in [0, 0.1) is 17.0 Å². The highest BCUT2D eigenvalue weighted by Gasteiger charge is 2.58. The number of nitro benzene ring substituents is 1. The van der Waals surface area contributed by atoms with Gasteiger partial charge in [0, 0.05) is 32.3 Å². The Morgan fingerprint density at radius 2 is 1.61 bits per heavy atom. The van der Waals surface area contributed by atoms with Crippen molar-refractivity contribution in [2.75, 3.05) is 12.0 Å². The summed E-state index contributed by atoms with van der Waals surface area (Å²) in [4.78, 5) is 53.4. The third-order valence-electron chi connectivity index (χ3n) is 6.39. The maximum Gasteiger partial charge on any atom is 0.270 e. The molecule has 36 heavy (non-hydrogen) atoms. The normalized spacial score (nSPS) is 18.8. The first-order valence-corrected chi connectivity index (χ1v) is 12.3. The Kier molecular flexibility index (Phi) is 5.92. The Bertz CT molecular complexity index is 1490. The first-order valence-electron chi connectivity index (χ1n) is 10.7. The number of non-ortho nitro benzene ring substituents is 1. The standard InChI is InChI=1S/C25H17Br2N3O6/c1-12-9-14(5-7-19(12)27)28-21(18-10-13(26)3-8-20(18)36-2)22(25(28)33)29-23(31)16-6-4-15(30(34)35)11-17(16)24(29)32/h3-11,21-22H,1-2H3/t21-,22-/m0/s1. The molecule has 0 saturated carbocycles. The van der Waals surface area contributed by atoms with Gasteiger partial charge in [0.2, 0.25) is 0 Å². The van der Waals surface area contributed by atoms with Crippen LogP contribution in [0.4, 0.5) is 11.4 Å². The lowest BCUT2D eigenvalue weighted by Gasteiger charge is -2.50. The number of imide groups is 1. The number of rotatable bonds is 5. The summed E-state index contributed by atoms with van der Waals surface area (Å²) >= 11 is 6.92. The van der Waals surface area contributed by atoms with E-state index in [4.69, 9.17) is 4.74 Å². The van der Waals surface area contributed by atoms with E-state index in [1.165, 1.54) is 24.1 Å². The van der Waals surface area contributed by atoms with Gasteiger partial charge in [-0.1, -0.05) is 31.9 Å². The number of anilines is 1. The number of hydrogen-bond acceptors (Lipinski definition) is 6. The van der Waals surface area contributed by atoms with E-state index in [-0.39, 0.29) is 16.8 Å². The number of β-lactam (4-membered cyclic amide) rings is 1. The van der Waals surface area contributed by atoms with Crippen LogP contribution in [0.5, 0.6) is 5.75 Å². The van der Waals surface area contributed by atoms with Crippen LogP contribution < -0.4 is 9.64 Å². The van der Waals surface area contributed by atoms with Crippen molar-refractivity contribution in [3.8, 4) is 5.75 Å². The number of halogens is 2. The van der Waals surface area contributed by atoms with Gasteiger partial charge < -0.3 is 9.64 Å². The van der Waals surface area contributed by atoms with Crippen molar-refractivity contribution in [3.63, 3.8) is 0 Å². The molecule has 1 saturated heterocycles. The molecule has 0 radical (unpaired) electrons. The van der Waals surface area contributed by atoms with Crippen LogP contribution in [0.15, 0.2) is 63.5 Å². The van der Waals surface area contributed by atoms with Crippen LogP contribution in [0.3, 0.4) is 0 Å². The van der Waals surface area contributed by atoms with Crippen LogP contribution in [-0.4, -0.2) is 40.7 Å². The third-order valence-corrected chi connectivity index (χ3v) is 7.77. The van der Waals surface area contributed by atoms with Gasteiger partial charge in [-0.2, -0.15) is 0 Å². The van der Waals surface area contributed by atoms with Crippen molar-refractivity contribution in [3.05, 3.63) is 95.9 Å². The Morgan fingerprint density at radius 1 is 0.889 bits per heavy atom. The molecule has 2 heterocycles. The molecule has 2 atom stereocenters. The van der Waals surface area contributed by atoms with Crippen molar-refractivity contribution in [1.82, 2.24) is 4.90 Å². The van der Waals surface area contributed by atoms with Crippen LogP contribution >= 0.6 is 31.9 Å². The fourth-order valence-corrected chi connectivity index (χ4v) is 5.28. The minimum absolute atomic E-state index is 0.0243. The van der Waals surface area contributed by atoms with E-state index in [1.54, 1.807) is 24.3 Å². The lowest BCUT2D eigenvalue weighted by Crippen LogP contribution is -2.67. The zero-order valence-electron chi connectivity index (χ0n) is 18.9. The van der Waals surface area contributed by atoms with E-state index in [0.717, 1.165) is 25.5 Å². The molecule has 0 aromatic heterocycles. The van der Waals surface area contributed by atoms with E-state index < -0.39 is 34.7 Å². The van der Waals surface area contributed by atoms with Gasteiger partial charge in [-0.25, -0.2) is 0 Å². The summed E-state index contributed by atoms with van der Waals surface area (Å²) < 4.78 is 7.15. The zero-order chi connectivity index (χ0) is 25.9. The minimum atomic E-state index is -1.16. The van der Waals surface area contributed by atoms with Crippen LogP contribution in [0.1, 0.15) is 37.9 Å². The number of nitro groups is 1. The third kappa shape index (κ3) is 3.61. The van der Waals surface area contributed by atoms with Crippen LogP contribution in [0.25, 0.3) is 0 Å². The summed E-state index contributed by atoms with van der Waals surface area (Å²) in [6.07, 6.45) is 0. The average molecular weight is 615 g/mol. The molecule has 3 aromatic rings. The molecule has 2 aliphatic heterocycles. The molecule has 0 aliphatic carbocycles. The largest absolute Gasteiger partial charge is 0.496 e. The van der Waals surface area contributed by atoms with E-state index in [2.05, 4.69) is 31.9 Å². The molecule has 0 N–H and O–H groups in total. The molecule has 182 valence electrons. The van der Waals surface area contributed by atoms with Crippen LogP contribution in [0.2, 0.25) is 0 Å². The van der Waals surface area contributed by atoms with E-state index >= 15 is 0 Å². The maximum atomic E-state index is 13.6. The highest BCUT2D eigenvalue weighted by atomic mass is 79.9. The Balaban J connectivity index is 1.64. The SMILES string of the molecule is COc1ccc(Br)cc1[C@H]1[C@H](N2C(=O)c3ccc([N+](=O)[O-])cc3C2=O)C(=O)N1c1ccc(Br)c(C)c1. The van der Waals surface area contributed by atoms with Crippen molar-refractivity contribution < 1.29 is 24.0 Å². The number of carbonyl (C=O) groups is 3. The second-order valence-corrected chi connectivity index (χ2v) is 10.2. The van der Waals surface area contributed by atoms with Crippen molar-refractivity contribution in [2.45, 2.75) is 19.0 Å². The summed E-state index contributed by atoms with van der Waals surface area (Å²) in [5.41, 5.74) is 1.71. The van der Waals surface area contributed by atoms with Gasteiger partial charge >= 0.3 is 0 Å². The summed E-state index contributed by atoms with van der Waals surface area (Å²) in [5, 5.41) is 11.2. The van der Waals surface area contributed by atoms with Gasteiger partial charge in [-0.05, 0) is 55.0 Å². The predicted octanol–water partition coefficient (Wildman–Crippen LogP) is 5.19. The number of amides is 3. The molecular weight excluding hydrogens is 598 g/mol. The number of fused-ring (bicyclic) bond motifs is 1. The van der Waals surface area contributed by atoms with E-state index in [9.17, 15) is 24.5 Å². The molecule has 2 aliphatic rings. The number of ether oxygens (including phenoxy) is 1. The lowest BCUT2D eigenvalue weighted by molar-refractivity contribution is -0.384. The molecule has 11 heteroatoms. The summed E-state index contributed by atoms with van der Waals surface area (Å²) in [5.74, 6) is -1.39. The molecule has 3 aromatic carbocycles. The molecule has 0 unspecified atom stereocenters. The number of hydrogen-bond donors (Lipinski definition) is 0. The van der Waals surface area contributed by atoms with Crippen LogP contribution in [-0.2, 0) is 4.79 Å². The quantitative estimate of drug-likeness (QED) is 0.169. The number of aryl methyl sites for hydroxylation is 1. The van der Waals surface area contributed by atoms with Gasteiger partial charge in [0.05, 0.1) is 29.2 Å². The lowest BCUT2D eigenvalue weighted by atomic mass is 9.85. The first kappa shape index (κ1) is 24.1. The fraction of sp³-hybridized carbons (Fsp3) is 0.160. The maximum absolute atomic E-state index is 13.6. The van der Waals surface area contributed by atoms with Gasteiger partial charge in [0.1, 0.15) is 11.8 Å². The molecule has 0 bridgehead atoms. The first-order chi connectivity index (χ1) is 17.1. The van der Waals surface area contributed by atoms with E-state index in [0.29, 0.717) is 17.0 Å². The highest BCUT2D eigenvalue weighted by Crippen LogP contribution is 2.47. The van der Waals surface area contributed by atoms with Gasteiger partial charge in [-0.3, -0.25) is 29.4 Å². The summed E-state index contributed by atoms with van der Waals surface area (Å²) in [6, 6.07) is 12.3. The highest BCUT2D eigenvalue weighted by molar-refractivity contribution is 9.10. The number of carbonyl (C=O) groups excluding carboxylic acids is 3. The topological polar surface area (TPSA) is 110 Å². The van der Waals surface area contributed by atoms with Crippen molar-refractivity contribution in [1.29, 1.82) is 0 Å². The number of methoxy groups -OCH3 is 1. The molecule has 5 rings (SSSR count). The number of benzene rings is 3. The average Bonchev–Trinajstić information content (AvgIpc) is 3.09. The van der Waals surface area contributed by atoms with Gasteiger partial charge in [-0.15, -0.1) is 0 Å². The van der Waals surface area contributed by atoms with Crippen molar-refractivity contribution in [2.24, 2.45) is 0 Å². The zero-order valence-corrected chi connectivity index (χ0v) is 22.1. The fourth-order valence-electron chi connectivity index (χ4n) is 4.65. The Labute approximate surface area is 222 Å². The Hall–Kier alpha value is -3.57. The molecule has 3 amide bonds. The summed E-state index contributed by atoms with van der Waals surface area (Å²) in [7, 11) is 1.50.